The molecule has 0 radical (unpaired) electrons. The molecule has 35 heavy (non-hydrogen) atoms. The number of rotatable bonds is 4. The van der Waals surface area contributed by atoms with E-state index in [4.69, 9.17) is 9.47 Å². The number of alkyl halides is 3. The smallest absolute Gasteiger partial charge is 0.416 e. The van der Waals surface area contributed by atoms with Gasteiger partial charge in [0.25, 0.3) is 5.56 Å². The molecule has 11 heteroatoms. The van der Waals surface area contributed by atoms with Gasteiger partial charge < -0.3 is 19.3 Å². The molecule has 182 valence electrons. The maximum Gasteiger partial charge on any atom is 0.416 e. The van der Waals surface area contributed by atoms with Crippen LogP contribution in [0.2, 0.25) is 0 Å². The number of anilines is 1. The lowest BCUT2D eigenvalue weighted by atomic mass is 10.1. The van der Waals surface area contributed by atoms with E-state index in [1.165, 1.54) is 12.1 Å². The van der Waals surface area contributed by atoms with Gasteiger partial charge in [-0.1, -0.05) is 6.07 Å². The van der Waals surface area contributed by atoms with Crippen molar-refractivity contribution < 1.29 is 27.4 Å². The van der Waals surface area contributed by atoms with E-state index in [9.17, 15) is 22.8 Å². The molecule has 0 saturated carbocycles. The Morgan fingerprint density at radius 2 is 1.71 bits per heavy atom. The summed E-state index contributed by atoms with van der Waals surface area (Å²) in [5.41, 5.74) is 0.559. The summed E-state index contributed by atoms with van der Waals surface area (Å²) in [6, 6.07) is 13.4. The number of carbonyl (C=O) groups is 1. The molecule has 8 nitrogen and oxygen atoms in total. The molecule has 0 aliphatic carbocycles. The Morgan fingerprint density at radius 1 is 0.943 bits per heavy atom. The van der Waals surface area contributed by atoms with Gasteiger partial charge in [-0.25, -0.2) is 4.68 Å². The first-order chi connectivity index (χ1) is 16.8. The van der Waals surface area contributed by atoms with E-state index in [2.05, 4.69) is 5.10 Å². The highest BCUT2D eigenvalue weighted by molar-refractivity contribution is 5.76. The number of carbonyl (C=O) groups excluding carboxylic acids is 1. The summed E-state index contributed by atoms with van der Waals surface area (Å²) in [7, 11) is 0. The van der Waals surface area contributed by atoms with Gasteiger partial charge in [0, 0.05) is 43.5 Å². The summed E-state index contributed by atoms with van der Waals surface area (Å²) >= 11 is 0. The number of ether oxygens (including phenoxy) is 2. The van der Waals surface area contributed by atoms with Crippen molar-refractivity contribution in [3.8, 4) is 22.8 Å². The van der Waals surface area contributed by atoms with E-state index in [1.807, 2.05) is 4.90 Å². The predicted molar refractivity (Wildman–Crippen MR) is 120 cm³/mol. The normalized spacial score (nSPS) is 15.4. The SMILES string of the molecule is O=C(Cn1nc(-c2ccc3c(c2)OCO3)ccc1=O)N1CCN(c2cccc(C(F)(F)F)c2)CC1. The summed E-state index contributed by atoms with van der Waals surface area (Å²) in [5, 5.41) is 4.34. The Hall–Kier alpha value is -4.02. The number of piperazine rings is 1. The molecule has 3 aromatic rings. The highest BCUT2D eigenvalue weighted by atomic mass is 19.4. The number of benzene rings is 2. The van der Waals surface area contributed by atoms with Crippen LogP contribution in [0, 0.1) is 0 Å². The molecule has 1 fully saturated rings. The monoisotopic (exact) mass is 486 g/mol. The van der Waals surface area contributed by atoms with Crippen molar-refractivity contribution >= 4 is 11.6 Å². The van der Waals surface area contributed by atoms with Crippen LogP contribution < -0.4 is 19.9 Å². The molecule has 0 N–H and O–H groups in total. The van der Waals surface area contributed by atoms with E-state index < -0.39 is 17.3 Å². The number of hydrogen-bond donors (Lipinski definition) is 0. The molecule has 1 amide bonds. The van der Waals surface area contributed by atoms with Crippen molar-refractivity contribution in [3.05, 3.63) is 70.5 Å². The van der Waals surface area contributed by atoms with Crippen LogP contribution in [0.15, 0.2) is 59.4 Å². The van der Waals surface area contributed by atoms with E-state index in [1.54, 1.807) is 35.2 Å². The van der Waals surface area contributed by atoms with Gasteiger partial charge in [0.15, 0.2) is 11.5 Å². The summed E-state index contributed by atoms with van der Waals surface area (Å²) in [6.07, 6.45) is -4.41. The van der Waals surface area contributed by atoms with Crippen LogP contribution in [0.3, 0.4) is 0 Å². The molecule has 0 atom stereocenters. The predicted octanol–water partition coefficient (Wildman–Crippen LogP) is 3.01. The minimum absolute atomic E-state index is 0.140. The fraction of sp³-hybridized carbons (Fsp3) is 0.292. The van der Waals surface area contributed by atoms with Gasteiger partial charge in [-0.2, -0.15) is 18.3 Å². The molecule has 1 aromatic heterocycles. The number of hydrogen-bond acceptors (Lipinski definition) is 6. The van der Waals surface area contributed by atoms with Crippen molar-refractivity contribution in [2.75, 3.05) is 37.9 Å². The van der Waals surface area contributed by atoms with E-state index in [0.29, 0.717) is 54.6 Å². The van der Waals surface area contributed by atoms with Crippen LogP contribution in [0.25, 0.3) is 11.3 Å². The largest absolute Gasteiger partial charge is 0.454 e. The Morgan fingerprint density at radius 3 is 2.49 bits per heavy atom. The van der Waals surface area contributed by atoms with Gasteiger partial charge in [-0.05, 0) is 42.5 Å². The van der Waals surface area contributed by atoms with Gasteiger partial charge in [0.05, 0.1) is 11.3 Å². The highest BCUT2D eigenvalue weighted by Gasteiger charge is 2.31. The van der Waals surface area contributed by atoms with Crippen LogP contribution in [-0.2, 0) is 17.5 Å². The first kappa shape index (κ1) is 22.8. The van der Waals surface area contributed by atoms with Gasteiger partial charge >= 0.3 is 6.18 Å². The van der Waals surface area contributed by atoms with E-state index in [-0.39, 0.29) is 19.2 Å². The van der Waals surface area contributed by atoms with Crippen molar-refractivity contribution in [2.45, 2.75) is 12.7 Å². The molecule has 0 bridgehead atoms. The van der Waals surface area contributed by atoms with Crippen LogP contribution in [0.5, 0.6) is 11.5 Å². The van der Waals surface area contributed by atoms with Crippen molar-refractivity contribution in [1.82, 2.24) is 14.7 Å². The minimum atomic E-state index is -4.41. The third kappa shape index (κ3) is 4.79. The zero-order valence-corrected chi connectivity index (χ0v) is 18.5. The quantitative estimate of drug-likeness (QED) is 0.565. The third-order valence-corrected chi connectivity index (χ3v) is 5.99. The number of fused-ring (bicyclic) bond motifs is 1. The zero-order chi connectivity index (χ0) is 24.6. The molecule has 0 unspecified atom stereocenters. The fourth-order valence-corrected chi connectivity index (χ4v) is 4.09. The van der Waals surface area contributed by atoms with Crippen LogP contribution >= 0.6 is 0 Å². The first-order valence-electron chi connectivity index (χ1n) is 11.0. The van der Waals surface area contributed by atoms with E-state index in [0.717, 1.165) is 16.8 Å². The lowest BCUT2D eigenvalue weighted by molar-refractivity contribution is -0.137. The Bertz CT molecular complexity index is 1320. The van der Waals surface area contributed by atoms with E-state index >= 15 is 0 Å². The summed E-state index contributed by atoms with van der Waals surface area (Å²) in [6.45, 7) is 1.32. The zero-order valence-electron chi connectivity index (χ0n) is 18.5. The molecule has 1 saturated heterocycles. The molecule has 2 aromatic carbocycles. The molecule has 3 heterocycles. The molecule has 2 aliphatic rings. The summed E-state index contributed by atoms with van der Waals surface area (Å²) in [5.74, 6) is 0.921. The Kier molecular flexibility index (Phi) is 5.83. The number of nitrogens with zero attached hydrogens (tertiary/aromatic N) is 4. The van der Waals surface area contributed by atoms with Gasteiger partial charge in [0.2, 0.25) is 12.7 Å². The minimum Gasteiger partial charge on any atom is -0.454 e. The van der Waals surface area contributed by atoms with Crippen molar-refractivity contribution in [3.63, 3.8) is 0 Å². The van der Waals surface area contributed by atoms with Gasteiger partial charge in [-0.3, -0.25) is 9.59 Å². The van der Waals surface area contributed by atoms with Crippen molar-refractivity contribution in [1.29, 1.82) is 0 Å². The molecule has 2 aliphatic heterocycles. The lowest BCUT2D eigenvalue weighted by Crippen LogP contribution is -2.50. The summed E-state index contributed by atoms with van der Waals surface area (Å²) in [4.78, 5) is 28.6. The maximum atomic E-state index is 13.0. The highest BCUT2D eigenvalue weighted by Crippen LogP contribution is 2.35. The Labute approximate surface area is 198 Å². The van der Waals surface area contributed by atoms with Crippen LogP contribution in [-0.4, -0.2) is 53.6 Å². The fourth-order valence-electron chi connectivity index (χ4n) is 4.09. The van der Waals surface area contributed by atoms with Gasteiger partial charge in [0.1, 0.15) is 6.54 Å². The van der Waals surface area contributed by atoms with Gasteiger partial charge in [-0.15, -0.1) is 0 Å². The average Bonchev–Trinajstić information content (AvgIpc) is 3.33. The topological polar surface area (TPSA) is 76.9 Å². The number of aromatic nitrogens is 2. The molecule has 0 spiro atoms. The lowest BCUT2D eigenvalue weighted by Gasteiger charge is -2.36. The standard InChI is InChI=1S/C24H21F3N4O4/c25-24(26,27)17-2-1-3-18(13-17)29-8-10-30(11-9-29)23(33)14-31-22(32)7-5-19(28-31)16-4-6-20-21(12-16)35-15-34-20/h1-7,12-13H,8-11,14-15H2. The molecule has 5 rings (SSSR count). The molecular weight excluding hydrogens is 465 g/mol. The van der Waals surface area contributed by atoms with Crippen LogP contribution in [0.4, 0.5) is 18.9 Å². The summed E-state index contributed by atoms with van der Waals surface area (Å²) < 4.78 is 50.9. The second kappa shape index (κ2) is 8.97. The number of halogens is 3. The maximum absolute atomic E-state index is 13.0. The van der Waals surface area contributed by atoms with Crippen LogP contribution in [0.1, 0.15) is 5.56 Å². The third-order valence-electron chi connectivity index (χ3n) is 5.99. The average molecular weight is 486 g/mol. The second-order valence-corrected chi connectivity index (χ2v) is 8.20. The first-order valence-corrected chi connectivity index (χ1v) is 11.0. The van der Waals surface area contributed by atoms with Crippen molar-refractivity contribution in [2.24, 2.45) is 0 Å². The molecular formula is C24H21F3N4O4. The number of amides is 1. The second-order valence-electron chi connectivity index (χ2n) is 8.20. The Balaban J connectivity index is 1.25.